The van der Waals surface area contributed by atoms with Gasteiger partial charge in [-0.05, 0) is 32.1 Å². The number of nitrogens with one attached hydrogen (secondary N) is 1. The third-order valence-electron chi connectivity index (χ3n) is 3.89. The summed E-state index contributed by atoms with van der Waals surface area (Å²) in [5.74, 6) is 1.68. The predicted molar refractivity (Wildman–Crippen MR) is 71.8 cm³/mol. The Balaban J connectivity index is 1.67. The smallest absolute Gasteiger partial charge is 0.247 e. The number of piperidine rings is 1. The van der Waals surface area contributed by atoms with Crippen LogP contribution >= 0.6 is 0 Å². The van der Waals surface area contributed by atoms with Crippen LogP contribution in [0.3, 0.4) is 0 Å². The second kappa shape index (κ2) is 5.50. The number of nitrogens with zero attached hydrogens (tertiary/aromatic N) is 4. The Morgan fingerprint density at radius 1 is 1.06 bits per heavy atom. The molecule has 5 heteroatoms. The van der Waals surface area contributed by atoms with Gasteiger partial charge in [-0.2, -0.15) is 10.1 Å². The molecule has 2 aliphatic rings. The van der Waals surface area contributed by atoms with Crippen molar-refractivity contribution < 1.29 is 0 Å². The minimum atomic E-state index is 0.580. The summed E-state index contributed by atoms with van der Waals surface area (Å²) < 4.78 is 0. The second-order valence-electron chi connectivity index (χ2n) is 5.32. The van der Waals surface area contributed by atoms with Crippen molar-refractivity contribution in [1.82, 2.24) is 15.2 Å². The van der Waals surface area contributed by atoms with Gasteiger partial charge in [-0.25, -0.2) is 0 Å². The topological polar surface area (TPSA) is 53.9 Å². The van der Waals surface area contributed by atoms with Crippen molar-refractivity contribution in [3.05, 3.63) is 6.20 Å². The van der Waals surface area contributed by atoms with E-state index in [-0.39, 0.29) is 0 Å². The SMILES string of the molecule is c1nnc(N2CCCCC2)nc1NC1CCCC1. The van der Waals surface area contributed by atoms with Gasteiger partial charge in [-0.1, -0.05) is 12.8 Å². The van der Waals surface area contributed by atoms with Crippen LogP contribution in [0.15, 0.2) is 6.20 Å². The maximum atomic E-state index is 4.60. The zero-order valence-electron chi connectivity index (χ0n) is 10.8. The molecule has 3 rings (SSSR count). The van der Waals surface area contributed by atoms with Crippen molar-refractivity contribution in [3.8, 4) is 0 Å². The van der Waals surface area contributed by atoms with Crippen molar-refractivity contribution in [2.24, 2.45) is 0 Å². The van der Waals surface area contributed by atoms with Gasteiger partial charge in [0.15, 0.2) is 5.82 Å². The lowest BCUT2D eigenvalue weighted by atomic mass is 10.1. The molecule has 0 radical (unpaired) electrons. The van der Waals surface area contributed by atoms with Crippen molar-refractivity contribution in [1.29, 1.82) is 0 Å². The first kappa shape index (κ1) is 11.7. The van der Waals surface area contributed by atoms with Crippen molar-refractivity contribution >= 4 is 11.8 Å². The second-order valence-corrected chi connectivity index (χ2v) is 5.32. The summed E-state index contributed by atoms with van der Waals surface area (Å²) in [5, 5.41) is 11.7. The highest BCUT2D eigenvalue weighted by molar-refractivity contribution is 5.39. The Hall–Kier alpha value is -1.39. The van der Waals surface area contributed by atoms with Crippen LogP contribution < -0.4 is 10.2 Å². The lowest BCUT2D eigenvalue weighted by Crippen LogP contribution is -2.31. The van der Waals surface area contributed by atoms with Gasteiger partial charge in [0, 0.05) is 19.1 Å². The average Bonchev–Trinajstić information content (AvgIpc) is 2.93. The van der Waals surface area contributed by atoms with Gasteiger partial charge in [0.05, 0.1) is 6.20 Å². The third kappa shape index (κ3) is 2.71. The van der Waals surface area contributed by atoms with E-state index >= 15 is 0 Å². The summed E-state index contributed by atoms with van der Waals surface area (Å²) in [6, 6.07) is 0.580. The van der Waals surface area contributed by atoms with E-state index in [0.717, 1.165) is 24.9 Å². The van der Waals surface area contributed by atoms with Crippen LogP contribution in [-0.2, 0) is 0 Å². The first-order chi connectivity index (χ1) is 8.92. The van der Waals surface area contributed by atoms with Gasteiger partial charge in [0.2, 0.25) is 5.95 Å². The molecule has 2 heterocycles. The van der Waals surface area contributed by atoms with Crippen LogP contribution in [0.25, 0.3) is 0 Å². The van der Waals surface area contributed by atoms with Crippen LogP contribution in [-0.4, -0.2) is 34.3 Å². The number of rotatable bonds is 3. The molecule has 0 amide bonds. The molecule has 0 bridgehead atoms. The van der Waals surface area contributed by atoms with Crippen LogP contribution in [0.2, 0.25) is 0 Å². The van der Waals surface area contributed by atoms with Gasteiger partial charge in [-0.3, -0.25) is 0 Å². The fourth-order valence-electron chi connectivity index (χ4n) is 2.87. The Kier molecular flexibility index (Phi) is 3.57. The van der Waals surface area contributed by atoms with Crippen LogP contribution in [0.1, 0.15) is 44.9 Å². The molecule has 1 aliphatic heterocycles. The monoisotopic (exact) mass is 247 g/mol. The maximum Gasteiger partial charge on any atom is 0.247 e. The minimum Gasteiger partial charge on any atom is -0.366 e. The first-order valence-corrected chi connectivity index (χ1v) is 7.13. The van der Waals surface area contributed by atoms with E-state index in [4.69, 9.17) is 0 Å². The Morgan fingerprint density at radius 3 is 2.61 bits per heavy atom. The lowest BCUT2D eigenvalue weighted by molar-refractivity contribution is 0.565. The molecular formula is C13H21N5. The van der Waals surface area contributed by atoms with Crippen molar-refractivity contribution in [2.75, 3.05) is 23.3 Å². The molecule has 98 valence electrons. The standard InChI is InChI=1S/C13H21N5/c1-4-8-18(9-5-1)13-16-12(10-14-17-13)15-11-6-2-3-7-11/h10-11H,1-9H2,(H,15,16,17). The maximum absolute atomic E-state index is 4.60. The summed E-state index contributed by atoms with van der Waals surface area (Å²) in [6.07, 6.45) is 10.7. The summed E-state index contributed by atoms with van der Waals surface area (Å²) in [4.78, 5) is 6.85. The highest BCUT2D eigenvalue weighted by Gasteiger charge is 2.17. The molecule has 0 atom stereocenters. The van der Waals surface area contributed by atoms with E-state index in [1.165, 1.54) is 44.9 Å². The Bertz CT molecular complexity index is 383. The zero-order valence-corrected chi connectivity index (χ0v) is 10.8. The fourth-order valence-corrected chi connectivity index (χ4v) is 2.87. The third-order valence-corrected chi connectivity index (χ3v) is 3.89. The first-order valence-electron chi connectivity index (χ1n) is 7.13. The molecule has 5 nitrogen and oxygen atoms in total. The number of aromatic nitrogens is 3. The average molecular weight is 247 g/mol. The predicted octanol–water partition coefficient (Wildman–Crippen LogP) is 2.22. The van der Waals surface area contributed by atoms with Gasteiger partial charge in [-0.15, -0.1) is 5.10 Å². The van der Waals surface area contributed by atoms with Crippen LogP contribution in [0.5, 0.6) is 0 Å². The molecule has 1 aliphatic carbocycles. The molecule has 1 aromatic rings. The summed E-state index contributed by atoms with van der Waals surface area (Å²) in [7, 11) is 0. The molecule has 0 aromatic carbocycles. The Labute approximate surface area is 108 Å². The van der Waals surface area contributed by atoms with Crippen LogP contribution in [0, 0.1) is 0 Å². The molecule has 0 unspecified atom stereocenters. The summed E-state index contributed by atoms with van der Waals surface area (Å²) >= 11 is 0. The highest BCUT2D eigenvalue weighted by Crippen LogP contribution is 2.22. The van der Waals surface area contributed by atoms with Crippen LogP contribution in [0.4, 0.5) is 11.8 Å². The highest BCUT2D eigenvalue weighted by atomic mass is 15.3. The van der Waals surface area contributed by atoms with E-state index < -0.39 is 0 Å². The van der Waals surface area contributed by atoms with Crippen molar-refractivity contribution in [2.45, 2.75) is 51.0 Å². The van der Waals surface area contributed by atoms with Gasteiger partial charge in [0.25, 0.3) is 0 Å². The number of hydrogen-bond donors (Lipinski definition) is 1. The number of hydrogen-bond acceptors (Lipinski definition) is 5. The summed E-state index contributed by atoms with van der Waals surface area (Å²) in [5.41, 5.74) is 0. The zero-order chi connectivity index (χ0) is 12.2. The quantitative estimate of drug-likeness (QED) is 0.887. The summed E-state index contributed by atoms with van der Waals surface area (Å²) in [6.45, 7) is 2.13. The lowest BCUT2D eigenvalue weighted by Gasteiger charge is -2.26. The van der Waals surface area contributed by atoms with E-state index in [0.29, 0.717) is 6.04 Å². The van der Waals surface area contributed by atoms with E-state index in [1.54, 1.807) is 6.20 Å². The molecule has 1 aromatic heterocycles. The molecule has 1 N–H and O–H groups in total. The molecule has 1 saturated heterocycles. The largest absolute Gasteiger partial charge is 0.366 e. The van der Waals surface area contributed by atoms with Crippen molar-refractivity contribution in [3.63, 3.8) is 0 Å². The normalized spacial score (nSPS) is 21.2. The molecule has 0 spiro atoms. The van der Waals surface area contributed by atoms with Gasteiger partial charge < -0.3 is 10.2 Å². The molecule has 2 fully saturated rings. The molecular weight excluding hydrogens is 226 g/mol. The minimum absolute atomic E-state index is 0.580. The van der Waals surface area contributed by atoms with Gasteiger partial charge in [0.1, 0.15) is 0 Å². The van der Waals surface area contributed by atoms with E-state index in [2.05, 4.69) is 25.4 Å². The van der Waals surface area contributed by atoms with Gasteiger partial charge >= 0.3 is 0 Å². The molecule has 1 saturated carbocycles. The van der Waals surface area contributed by atoms with E-state index in [1.807, 2.05) is 0 Å². The molecule has 18 heavy (non-hydrogen) atoms. The Morgan fingerprint density at radius 2 is 1.83 bits per heavy atom. The number of anilines is 2. The van der Waals surface area contributed by atoms with E-state index in [9.17, 15) is 0 Å². The fraction of sp³-hybridized carbons (Fsp3) is 0.769.